The number of hydrogen-bond donors (Lipinski definition) is 2. The Morgan fingerprint density at radius 2 is 1.88 bits per heavy atom. The number of rotatable bonds is 6. The molecule has 1 fully saturated rings. The van der Waals surface area contributed by atoms with E-state index in [9.17, 15) is 9.59 Å². The number of nitrogens with one attached hydrogen (secondary N) is 2. The van der Waals surface area contributed by atoms with Crippen molar-refractivity contribution in [2.75, 3.05) is 23.3 Å². The van der Waals surface area contributed by atoms with Crippen LogP contribution >= 0.6 is 11.6 Å². The van der Waals surface area contributed by atoms with E-state index >= 15 is 0 Å². The molecule has 25 heavy (non-hydrogen) atoms. The summed E-state index contributed by atoms with van der Waals surface area (Å²) in [4.78, 5) is 25.8. The second-order valence-electron chi connectivity index (χ2n) is 5.89. The highest BCUT2D eigenvalue weighted by Gasteiger charge is 2.23. The first-order chi connectivity index (χ1) is 12.1. The molecule has 1 saturated heterocycles. The first-order valence-corrected chi connectivity index (χ1v) is 8.66. The van der Waals surface area contributed by atoms with Gasteiger partial charge in [0.25, 0.3) is 0 Å². The molecule has 0 bridgehead atoms. The third-order valence-electron chi connectivity index (χ3n) is 4.14. The van der Waals surface area contributed by atoms with Crippen LogP contribution in [0.2, 0.25) is 5.02 Å². The van der Waals surface area contributed by atoms with Crippen LogP contribution in [0.25, 0.3) is 0 Å². The van der Waals surface area contributed by atoms with Crippen LogP contribution in [0.3, 0.4) is 0 Å². The van der Waals surface area contributed by atoms with Crippen molar-refractivity contribution < 1.29 is 9.59 Å². The second kappa shape index (κ2) is 8.03. The molecule has 0 unspecified atom stereocenters. The highest BCUT2D eigenvalue weighted by molar-refractivity contribution is 6.31. The number of benzene rings is 2. The average Bonchev–Trinajstić information content (AvgIpc) is 3.05. The number of hydrogen-bond acceptors (Lipinski definition) is 3. The molecule has 0 spiro atoms. The van der Waals surface area contributed by atoms with E-state index in [1.807, 2.05) is 42.5 Å². The Labute approximate surface area is 152 Å². The zero-order valence-electron chi connectivity index (χ0n) is 13.8. The average molecular weight is 358 g/mol. The van der Waals surface area contributed by atoms with E-state index in [2.05, 4.69) is 10.6 Å². The summed E-state index contributed by atoms with van der Waals surface area (Å²) in [5.41, 5.74) is 2.48. The van der Waals surface area contributed by atoms with Crippen molar-refractivity contribution in [1.82, 2.24) is 5.32 Å². The SMILES string of the molecule is O=C(CNc1ccccc1N1CCCC1=O)NCc1ccccc1Cl. The molecular formula is C19H20ClN3O2. The third-order valence-corrected chi connectivity index (χ3v) is 4.51. The molecule has 0 radical (unpaired) electrons. The van der Waals surface area contributed by atoms with Crippen LogP contribution in [0, 0.1) is 0 Å². The summed E-state index contributed by atoms with van der Waals surface area (Å²) in [5.74, 6) is -0.0140. The van der Waals surface area contributed by atoms with E-state index in [0.29, 0.717) is 18.0 Å². The minimum absolute atomic E-state index is 0.123. The lowest BCUT2D eigenvalue weighted by Crippen LogP contribution is -2.30. The van der Waals surface area contributed by atoms with Gasteiger partial charge in [-0.2, -0.15) is 0 Å². The van der Waals surface area contributed by atoms with Crippen molar-refractivity contribution in [1.29, 1.82) is 0 Å². The van der Waals surface area contributed by atoms with Gasteiger partial charge >= 0.3 is 0 Å². The molecule has 2 amide bonds. The molecule has 1 aliphatic heterocycles. The normalized spacial score (nSPS) is 13.8. The first-order valence-electron chi connectivity index (χ1n) is 8.28. The summed E-state index contributed by atoms with van der Waals surface area (Å²) in [5, 5.41) is 6.60. The number of carbonyl (C=O) groups is 2. The monoisotopic (exact) mass is 357 g/mol. The van der Waals surface area contributed by atoms with Crippen LogP contribution in [-0.2, 0) is 16.1 Å². The summed E-state index contributed by atoms with van der Waals surface area (Å²) >= 11 is 6.08. The number of anilines is 2. The predicted molar refractivity (Wildman–Crippen MR) is 99.8 cm³/mol. The topological polar surface area (TPSA) is 61.4 Å². The van der Waals surface area contributed by atoms with Crippen LogP contribution in [0.5, 0.6) is 0 Å². The van der Waals surface area contributed by atoms with Crippen LogP contribution in [-0.4, -0.2) is 24.9 Å². The lowest BCUT2D eigenvalue weighted by atomic mass is 10.2. The Balaban J connectivity index is 1.57. The van der Waals surface area contributed by atoms with Crippen LogP contribution < -0.4 is 15.5 Å². The fourth-order valence-corrected chi connectivity index (χ4v) is 3.04. The number of amides is 2. The van der Waals surface area contributed by atoms with Gasteiger partial charge in [0.2, 0.25) is 11.8 Å². The van der Waals surface area contributed by atoms with Crippen LogP contribution in [0.1, 0.15) is 18.4 Å². The van der Waals surface area contributed by atoms with Crippen LogP contribution in [0.4, 0.5) is 11.4 Å². The van der Waals surface area contributed by atoms with E-state index in [4.69, 9.17) is 11.6 Å². The molecule has 1 heterocycles. The largest absolute Gasteiger partial charge is 0.374 e. The molecule has 2 aromatic carbocycles. The lowest BCUT2D eigenvalue weighted by Gasteiger charge is -2.20. The molecule has 1 aliphatic rings. The van der Waals surface area contributed by atoms with E-state index in [1.165, 1.54) is 0 Å². The van der Waals surface area contributed by atoms with E-state index < -0.39 is 0 Å². The summed E-state index contributed by atoms with van der Waals surface area (Å²) in [6, 6.07) is 15.0. The Hall–Kier alpha value is -2.53. The number of halogens is 1. The molecule has 3 rings (SSSR count). The summed E-state index contributed by atoms with van der Waals surface area (Å²) in [6.45, 7) is 1.23. The standard InChI is InChI=1S/C19H20ClN3O2/c20-15-7-2-1-6-14(15)12-22-18(24)13-21-16-8-3-4-9-17(16)23-11-5-10-19(23)25/h1-4,6-9,21H,5,10-13H2,(H,22,24). The van der Waals surface area contributed by atoms with E-state index in [0.717, 1.165) is 29.9 Å². The zero-order valence-corrected chi connectivity index (χ0v) is 14.6. The molecule has 0 aromatic heterocycles. The third kappa shape index (κ3) is 4.31. The maximum Gasteiger partial charge on any atom is 0.239 e. The van der Waals surface area contributed by atoms with Gasteiger partial charge in [-0.1, -0.05) is 41.9 Å². The molecule has 6 heteroatoms. The van der Waals surface area contributed by atoms with Gasteiger partial charge in [0.05, 0.1) is 17.9 Å². The maximum absolute atomic E-state index is 12.1. The fourth-order valence-electron chi connectivity index (χ4n) is 2.83. The summed E-state index contributed by atoms with van der Waals surface area (Å²) in [7, 11) is 0. The minimum Gasteiger partial charge on any atom is -0.374 e. The number of carbonyl (C=O) groups excluding carboxylic acids is 2. The minimum atomic E-state index is -0.137. The Morgan fingerprint density at radius 1 is 1.12 bits per heavy atom. The van der Waals surface area contributed by atoms with Gasteiger partial charge in [-0.3, -0.25) is 9.59 Å². The first kappa shape index (κ1) is 17.3. The van der Waals surface area contributed by atoms with Gasteiger partial charge in [0, 0.05) is 24.5 Å². The molecule has 2 aromatic rings. The van der Waals surface area contributed by atoms with Gasteiger partial charge in [0.15, 0.2) is 0 Å². The Kier molecular flexibility index (Phi) is 5.56. The Bertz CT molecular complexity index is 779. The van der Waals surface area contributed by atoms with Gasteiger partial charge in [-0.05, 0) is 30.2 Å². The van der Waals surface area contributed by atoms with E-state index in [1.54, 1.807) is 11.0 Å². The maximum atomic E-state index is 12.1. The fraction of sp³-hybridized carbons (Fsp3) is 0.263. The van der Waals surface area contributed by atoms with Crippen molar-refractivity contribution in [2.24, 2.45) is 0 Å². The number of nitrogens with zero attached hydrogens (tertiary/aromatic N) is 1. The van der Waals surface area contributed by atoms with Gasteiger partial charge in [-0.15, -0.1) is 0 Å². The van der Waals surface area contributed by atoms with Gasteiger partial charge < -0.3 is 15.5 Å². The Morgan fingerprint density at radius 3 is 2.64 bits per heavy atom. The van der Waals surface area contributed by atoms with Gasteiger partial charge in [0.1, 0.15) is 0 Å². The molecule has 0 aliphatic carbocycles. The van der Waals surface area contributed by atoms with Crippen molar-refractivity contribution in [3.05, 3.63) is 59.1 Å². The van der Waals surface area contributed by atoms with Crippen molar-refractivity contribution in [2.45, 2.75) is 19.4 Å². The molecule has 0 saturated carbocycles. The summed E-state index contributed by atoms with van der Waals surface area (Å²) < 4.78 is 0. The van der Waals surface area contributed by atoms with E-state index in [-0.39, 0.29) is 18.4 Å². The molecular weight excluding hydrogens is 338 g/mol. The van der Waals surface area contributed by atoms with Crippen molar-refractivity contribution >= 4 is 34.8 Å². The number of para-hydroxylation sites is 2. The van der Waals surface area contributed by atoms with Crippen molar-refractivity contribution in [3.8, 4) is 0 Å². The molecule has 130 valence electrons. The molecule has 2 N–H and O–H groups in total. The highest BCUT2D eigenvalue weighted by Crippen LogP contribution is 2.29. The molecule has 5 nitrogen and oxygen atoms in total. The predicted octanol–water partition coefficient (Wildman–Crippen LogP) is 3.20. The van der Waals surface area contributed by atoms with Crippen LogP contribution in [0.15, 0.2) is 48.5 Å². The van der Waals surface area contributed by atoms with Gasteiger partial charge in [-0.25, -0.2) is 0 Å². The van der Waals surface area contributed by atoms with Crippen molar-refractivity contribution in [3.63, 3.8) is 0 Å². The highest BCUT2D eigenvalue weighted by atomic mass is 35.5. The zero-order chi connectivity index (χ0) is 17.6. The lowest BCUT2D eigenvalue weighted by molar-refractivity contribution is -0.119. The summed E-state index contributed by atoms with van der Waals surface area (Å²) in [6.07, 6.45) is 1.44. The second-order valence-corrected chi connectivity index (χ2v) is 6.29. The smallest absolute Gasteiger partial charge is 0.239 e. The molecule has 0 atom stereocenters. The quantitative estimate of drug-likeness (QED) is 0.834.